The Morgan fingerprint density at radius 1 is 1.33 bits per heavy atom. The average Bonchev–Trinajstić information content (AvgIpc) is 2.92. The highest BCUT2D eigenvalue weighted by molar-refractivity contribution is 5.46. The molecule has 3 rings (SSSR count). The minimum Gasteiger partial charge on any atom is -0.393 e. The standard InChI is InChI=1S/C14H20N2O2/c1-9(17)13-4-3-11(6-15-13)16-7-10-2-5-14(18)12(10)8-16/h3-4,6,9-10,12,14,17-18H,2,5,7-8H2,1H3/t9-,10?,12?,14?/m0/s1. The number of hydrogen-bond donors (Lipinski definition) is 2. The van der Waals surface area contributed by atoms with Crippen LogP contribution in [0.15, 0.2) is 18.3 Å². The summed E-state index contributed by atoms with van der Waals surface area (Å²) in [7, 11) is 0. The Labute approximate surface area is 107 Å². The van der Waals surface area contributed by atoms with Crippen molar-refractivity contribution < 1.29 is 10.2 Å². The molecule has 1 aliphatic carbocycles. The lowest BCUT2D eigenvalue weighted by atomic mass is 10.00. The summed E-state index contributed by atoms with van der Waals surface area (Å²) in [6, 6.07) is 3.90. The van der Waals surface area contributed by atoms with Crippen molar-refractivity contribution in [1.29, 1.82) is 0 Å². The smallest absolute Gasteiger partial charge is 0.0931 e. The van der Waals surface area contributed by atoms with E-state index in [4.69, 9.17) is 0 Å². The minimum atomic E-state index is -0.515. The number of hydrogen-bond acceptors (Lipinski definition) is 4. The Morgan fingerprint density at radius 2 is 2.17 bits per heavy atom. The zero-order chi connectivity index (χ0) is 12.7. The molecule has 2 heterocycles. The zero-order valence-electron chi connectivity index (χ0n) is 10.7. The van der Waals surface area contributed by atoms with E-state index in [0.29, 0.717) is 17.5 Å². The first kappa shape index (κ1) is 11.9. The van der Waals surface area contributed by atoms with Crippen molar-refractivity contribution in [1.82, 2.24) is 4.98 Å². The molecule has 1 aliphatic heterocycles. The summed E-state index contributed by atoms with van der Waals surface area (Å²) in [5.74, 6) is 1.07. The van der Waals surface area contributed by atoms with Gasteiger partial charge in [0.2, 0.25) is 0 Å². The van der Waals surface area contributed by atoms with Crippen molar-refractivity contribution in [2.24, 2.45) is 11.8 Å². The molecule has 1 aromatic heterocycles. The van der Waals surface area contributed by atoms with Crippen LogP contribution in [-0.2, 0) is 0 Å². The van der Waals surface area contributed by atoms with E-state index in [1.54, 1.807) is 6.92 Å². The number of aliphatic hydroxyl groups is 2. The van der Waals surface area contributed by atoms with E-state index < -0.39 is 6.10 Å². The molecule has 18 heavy (non-hydrogen) atoms. The van der Waals surface area contributed by atoms with Crippen molar-refractivity contribution >= 4 is 5.69 Å². The average molecular weight is 248 g/mol. The number of fused-ring (bicyclic) bond motifs is 1. The van der Waals surface area contributed by atoms with E-state index in [-0.39, 0.29) is 6.10 Å². The van der Waals surface area contributed by atoms with E-state index >= 15 is 0 Å². The van der Waals surface area contributed by atoms with Crippen molar-refractivity contribution in [3.63, 3.8) is 0 Å². The summed E-state index contributed by atoms with van der Waals surface area (Å²) in [6.07, 6.45) is 3.29. The van der Waals surface area contributed by atoms with Crippen LogP contribution in [0.3, 0.4) is 0 Å². The van der Waals surface area contributed by atoms with E-state index in [0.717, 1.165) is 31.6 Å². The minimum absolute atomic E-state index is 0.121. The van der Waals surface area contributed by atoms with Gasteiger partial charge in [-0.05, 0) is 37.8 Å². The Balaban J connectivity index is 1.73. The Kier molecular flexibility index (Phi) is 2.99. The highest BCUT2D eigenvalue weighted by atomic mass is 16.3. The maximum absolute atomic E-state index is 9.91. The van der Waals surface area contributed by atoms with Crippen LogP contribution in [-0.4, -0.2) is 34.4 Å². The molecule has 2 aliphatic rings. The highest BCUT2D eigenvalue weighted by Gasteiger charge is 2.41. The van der Waals surface area contributed by atoms with Gasteiger partial charge < -0.3 is 15.1 Å². The SMILES string of the molecule is C[C@H](O)c1ccc(N2CC3CCC(O)C3C2)cn1. The predicted octanol–water partition coefficient (Wildman–Crippen LogP) is 1.34. The third-order valence-corrected chi connectivity index (χ3v) is 4.38. The third-order valence-electron chi connectivity index (χ3n) is 4.38. The monoisotopic (exact) mass is 248 g/mol. The fraction of sp³-hybridized carbons (Fsp3) is 0.643. The molecule has 0 radical (unpaired) electrons. The van der Waals surface area contributed by atoms with Crippen LogP contribution in [0.5, 0.6) is 0 Å². The van der Waals surface area contributed by atoms with Gasteiger partial charge in [-0.1, -0.05) is 0 Å². The van der Waals surface area contributed by atoms with Gasteiger partial charge in [0.05, 0.1) is 29.8 Å². The Morgan fingerprint density at radius 3 is 2.78 bits per heavy atom. The van der Waals surface area contributed by atoms with Gasteiger partial charge in [0.25, 0.3) is 0 Å². The Hall–Kier alpha value is -1.13. The maximum Gasteiger partial charge on any atom is 0.0931 e. The molecule has 2 fully saturated rings. The first-order valence-corrected chi connectivity index (χ1v) is 6.72. The largest absolute Gasteiger partial charge is 0.393 e. The number of anilines is 1. The van der Waals surface area contributed by atoms with Crippen molar-refractivity contribution in [3.8, 4) is 0 Å². The molecule has 0 spiro atoms. The van der Waals surface area contributed by atoms with Crippen LogP contribution < -0.4 is 4.90 Å². The summed E-state index contributed by atoms with van der Waals surface area (Å²) < 4.78 is 0. The van der Waals surface area contributed by atoms with Gasteiger partial charge in [-0.15, -0.1) is 0 Å². The van der Waals surface area contributed by atoms with Crippen LogP contribution >= 0.6 is 0 Å². The molecule has 0 bridgehead atoms. The molecule has 4 nitrogen and oxygen atoms in total. The lowest BCUT2D eigenvalue weighted by Gasteiger charge is -2.20. The first-order chi connectivity index (χ1) is 8.65. The molecule has 3 unspecified atom stereocenters. The Bertz CT molecular complexity index is 418. The number of pyridine rings is 1. The van der Waals surface area contributed by atoms with E-state index in [1.165, 1.54) is 0 Å². The topological polar surface area (TPSA) is 56.6 Å². The molecule has 0 amide bonds. The maximum atomic E-state index is 9.91. The second-order valence-electron chi connectivity index (χ2n) is 5.59. The van der Waals surface area contributed by atoms with Gasteiger partial charge in [0.1, 0.15) is 0 Å². The molecular weight excluding hydrogens is 228 g/mol. The molecule has 1 saturated heterocycles. The van der Waals surface area contributed by atoms with Crippen LogP contribution in [0.1, 0.15) is 31.6 Å². The predicted molar refractivity (Wildman–Crippen MR) is 69.3 cm³/mol. The fourth-order valence-corrected chi connectivity index (χ4v) is 3.28. The number of aliphatic hydroxyl groups excluding tert-OH is 2. The zero-order valence-corrected chi connectivity index (χ0v) is 10.7. The van der Waals surface area contributed by atoms with Gasteiger partial charge in [-0.3, -0.25) is 4.98 Å². The third kappa shape index (κ3) is 1.99. The van der Waals surface area contributed by atoms with Crippen LogP contribution in [0.25, 0.3) is 0 Å². The summed E-state index contributed by atoms with van der Waals surface area (Å²) in [6.45, 7) is 3.68. The molecule has 98 valence electrons. The lowest BCUT2D eigenvalue weighted by Crippen LogP contribution is -2.24. The highest BCUT2D eigenvalue weighted by Crippen LogP contribution is 2.39. The summed E-state index contributed by atoms with van der Waals surface area (Å²) in [4.78, 5) is 6.58. The lowest BCUT2D eigenvalue weighted by molar-refractivity contribution is 0.133. The van der Waals surface area contributed by atoms with Gasteiger partial charge in [-0.2, -0.15) is 0 Å². The number of aromatic nitrogens is 1. The molecule has 1 saturated carbocycles. The van der Waals surface area contributed by atoms with Crippen molar-refractivity contribution in [2.75, 3.05) is 18.0 Å². The second kappa shape index (κ2) is 4.52. The molecule has 1 aromatic rings. The first-order valence-electron chi connectivity index (χ1n) is 6.72. The van der Waals surface area contributed by atoms with Gasteiger partial charge >= 0.3 is 0 Å². The van der Waals surface area contributed by atoms with Crippen LogP contribution in [0.4, 0.5) is 5.69 Å². The summed E-state index contributed by atoms with van der Waals surface area (Å²) in [5, 5.41) is 19.3. The second-order valence-corrected chi connectivity index (χ2v) is 5.59. The van der Waals surface area contributed by atoms with E-state index in [2.05, 4.69) is 9.88 Å². The normalized spacial score (nSPS) is 32.6. The fourth-order valence-electron chi connectivity index (χ4n) is 3.28. The quantitative estimate of drug-likeness (QED) is 0.829. The number of rotatable bonds is 2. The van der Waals surface area contributed by atoms with Gasteiger partial charge in [-0.25, -0.2) is 0 Å². The summed E-state index contributed by atoms with van der Waals surface area (Å²) >= 11 is 0. The van der Waals surface area contributed by atoms with Crippen molar-refractivity contribution in [3.05, 3.63) is 24.0 Å². The molecular formula is C14H20N2O2. The molecule has 0 aromatic carbocycles. The summed E-state index contributed by atoms with van der Waals surface area (Å²) in [5.41, 5.74) is 1.80. The van der Waals surface area contributed by atoms with Crippen LogP contribution in [0.2, 0.25) is 0 Å². The van der Waals surface area contributed by atoms with Gasteiger partial charge in [0.15, 0.2) is 0 Å². The molecule has 4 atom stereocenters. The van der Waals surface area contributed by atoms with E-state index in [9.17, 15) is 10.2 Å². The molecule has 4 heteroatoms. The molecule has 2 N–H and O–H groups in total. The van der Waals surface area contributed by atoms with Crippen molar-refractivity contribution in [2.45, 2.75) is 32.0 Å². The van der Waals surface area contributed by atoms with Crippen LogP contribution in [0, 0.1) is 11.8 Å². The number of nitrogens with zero attached hydrogens (tertiary/aromatic N) is 2. The van der Waals surface area contributed by atoms with E-state index in [1.807, 2.05) is 18.3 Å². The van der Waals surface area contributed by atoms with Gasteiger partial charge in [0, 0.05) is 19.0 Å².